The van der Waals surface area contributed by atoms with Crippen LogP contribution in [0.5, 0.6) is 0 Å². The molecule has 1 aromatic carbocycles. The molecule has 0 saturated carbocycles. The van der Waals surface area contributed by atoms with Gasteiger partial charge in [0.05, 0.1) is 11.6 Å². The van der Waals surface area contributed by atoms with Gasteiger partial charge in [-0.1, -0.05) is 18.7 Å². The van der Waals surface area contributed by atoms with Crippen LogP contribution in [0.1, 0.15) is 5.56 Å². The first kappa shape index (κ1) is 15.6. The van der Waals surface area contributed by atoms with Crippen LogP contribution < -0.4 is 5.32 Å². The lowest BCUT2D eigenvalue weighted by Crippen LogP contribution is -1.98. The summed E-state index contributed by atoms with van der Waals surface area (Å²) in [7, 11) is 0. The molecule has 0 atom stereocenters. The molecule has 1 aromatic heterocycles. The number of nitrogens with one attached hydrogen (secondary N) is 1. The SMILES string of the molecule is C=C/C(O)=C\C=C\CNc1ccc(C#N)c(-c2ccsc2)c1. The van der Waals surface area contributed by atoms with Gasteiger partial charge in [0.25, 0.3) is 0 Å². The van der Waals surface area contributed by atoms with Gasteiger partial charge in [-0.05, 0) is 52.7 Å². The number of aliphatic hydroxyl groups excluding tert-OH is 1. The summed E-state index contributed by atoms with van der Waals surface area (Å²) in [6, 6.07) is 9.92. The molecule has 2 aromatic rings. The molecule has 4 heteroatoms. The largest absolute Gasteiger partial charge is 0.508 e. The maximum absolute atomic E-state index is 9.22. The summed E-state index contributed by atoms with van der Waals surface area (Å²) in [5, 5.41) is 25.7. The topological polar surface area (TPSA) is 56.0 Å². The van der Waals surface area contributed by atoms with E-state index in [4.69, 9.17) is 0 Å². The Hall–Kier alpha value is -2.77. The molecule has 0 radical (unpaired) electrons. The van der Waals surface area contributed by atoms with E-state index in [1.54, 1.807) is 23.5 Å². The lowest BCUT2D eigenvalue weighted by Gasteiger charge is -2.07. The highest BCUT2D eigenvalue weighted by atomic mass is 32.1. The quantitative estimate of drug-likeness (QED) is 0.590. The predicted molar refractivity (Wildman–Crippen MR) is 93.0 cm³/mol. The Kier molecular flexibility index (Phi) is 5.58. The molecular formula is C18H16N2OS. The summed E-state index contributed by atoms with van der Waals surface area (Å²) < 4.78 is 0. The van der Waals surface area contributed by atoms with Crippen molar-refractivity contribution in [2.45, 2.75) is 0 Å². The first-order chi connectivity index (χ1) is 10.7. The van der Waals surface area contributed by atoms with Gasteiger partial charge in [0.2, 0.25) is 0 Å². The number of benzene rings is 1. The van der Waals surface area contributed by atoms with Gasteiger partial charge >= 0.3 is 0 Å². The Bertz CT molecular complexity index is 737. The van der Waals surface area contributed by atoms with Crippen molar-refractivity contribution < 1.29 is 5.11 Å². The van der Waals surface area contributed by atoms with Gasteiger partial charge in [-0.15, -0.1) is 0 Å². The molecule has 0 aliphatic heterocycles. The van der Waals surface area contributed by atoms with Crippen LogP contribution in [0.15, 0.2) is 71.7 Å². The van der Waals surface area contributed by atoms with E-state index < -0.39 is 0 Å². The fourth-order valence-electron chi connectivity index (χ4n) is 1.89. The Morgan fingerprint density at radius 1 is 1.41 bits per heavy atom. The Morgan fingerprint density at radius 3 is 2.95 bits per heavy atom. The third-order valence-corrected chi connectivity index (χ3v) is 3.69. The standard InChI is InChI=1S/C18H16N2OS/c1-2-17(21)5-3-4-9-20-16-7-6-14(12-19)18(11-16)15-8-10-22-13-15/h2-8,10-11,13,20-21H,1,9H2/b4-3+,17-5+. The van der Waals surface area contributed by atoms with Crippen molar-refractivity contribution in [3.05, 3.63) is 77.2 Å². The van der Waals surface area contributed by atoms with Gasteiger partial charge < -0.3 is 10.4 Å². The molecule has 0 aliphatic carbocycles. The number of nitriles is 1. The third-order valence-electron chi connectivity index (χ3n) is 3.01. The molecule has 0 fully saturated rings. The van der Waals surface area contributed by atoms with E-state index in [9.17, 15) is 10.4 Å². The molecule has 0 saturated heterocycles. The van der Waals surface area contributed by atoms with E-state index >= 15 is 0 Å². The van der Waals surface area contributed by atoms with Crippen molar-refractivity contribution in [1.29, 1.82) is 5.26 Å². The normalized spacial score (nSPS) is 11.3. The highest BCUT2D eigenvalue weighted by molar-refractivity contribution is 7.08. The van der Waals surface area contributed by atoms with Crippen molar-refractivity contribution in [3.8, 4) is 17.2 Å². The van der Waals surface area contributed by atoms with Crippen molar-refractivity contribution in [2.75, 3.05) is 11.9 Å². The van der Waals surface area contributed by atoms with Crippen LogP contribution >= 0.6 is 11.3 Å². The zero-order valence-corrected chi connectivity index (χ0v) is 12.8. The van der Waals surface area contributed by atoms with Crippen molar-refractivity contribution >= 4 is 17.0 Å². The number of thiophene rings is 1. The summed E-state index contributed by atoms with van der Waals surface area (Å²) in [6.45, 7) is 4.09. The summed E-state index contributed by atoms with van der Waals surface area (Å²) in [6.07, 6.45) is 6.60. The average Bonchev–Trinajstić information content (AvgIpc) is 3.08. The van der Waals surface area contributed by atoms with Gasteiger partial charge in [0, 0.05) is 17.8 Å². The molecule has 3 nitrogen and oxygen atoms in total. The number of aliphatic hydroxyl groups is 1. The third kappa shape index (κ3) is 4.11. The van der Waals surface area contributed by atoms with Gasteiger partial charge in [0.1, 0.15) is 5.76 Å². The minimum absolute atomic E-state index is 0.134. The van der Waals surface area contributed by atoms with Crippen LogP contribution in [0.3, 0.4) is 0 Å². The highest BCUT2D eigenvalue weighted by Gasteiger charge is 2.06. The predicted octanol–water partition coefficient (Wildman–Crippen LogP) is 4.88. The molecule has 0 aliphatic rings. The molecule has 1 heterocycles. The monoisotopic (exact) mass is 308 g/mol. The number of rotatable bonds is 6. The first-order valence-electron chi connectivity index (χ1n) is 6.73. The summed E-state index contributed by atoms with van der Waals surface area (Å²) >= 11 is 1.61. The Morgan fingerprint density at radius 2 is 2.27 bits per heavy atom. The van der Waals surface area contributed by atoms with Gasteiger partial charge in [-0.25, -0.2) is 0 Å². The molecule has 110 valence electrons. The Labute approximate surface area is 134 Å². The molecule has 0 bridgehead atoms. The van der Waals surface area contributed by atoms with Gasteiger partial charge in [0.15, 0.2) is 0 Å². The van der Waals surface area contributed by atoms with Crippen molar-refractivity contribution in [2.24, 2.45) is 0 Å². The first-order valence-corrected chi connectivity index (χ1v) is 7.67. The lowest BCUT2D eigenvalue weighted by atomic mass is 10.0. The Balaban J connectivity index is 2.09. The molecule has 0 spiro atoms. The fraction of sp³-hybridized carbons (Fsp3) is 0.0556. The van der Waals surface area contributed by atoms with Crippen LogP contribution in [0.4, 0.5) is 5.69 Å². The van der Waals surface area contributed by atoms with Crippen LogP contribution in [-0.2, 0) is 0 Å². The van der Waals surface area contributed by atoms with E-state index in [1.807, 2.05) is 41.1 Å². The number of hydrogen-bond acceptors (Lipinski definition) is 4. The molecule has 0 amide bonds. The smallest absolute Gasteiger partial charge is 0.114 e. The zero-order chi connectivity index (χ0) is 15.8. The zero-order valence-electron chi connectivity index (χ0n) is 12.0. The minimum Gasteiger partial charge on any atom is -0.508 e. The summed E-state index contributed by atoms with van der Waals surface area (Å²) in [5.74, 6) is 0.134. The average molecular weight is 308 g/mol. The highest BCUT2D eigenvalue weighted by Crippen LogP contribution is 2.28. The van der Waals surface area contributed by atoms with E-state index in [2.05, 4.69) is 18.0 Å². The van der Waals surface area contributed by atoms with Crippen LogP contribution in [0.2, 0.25) is 0 Å². The second-order valence-electron chi connectivity index (χ2n) is 4.49. The van der Waals surface area contributed by atoms with Gasteiger partial charge in [-0.2, -0.15) is 16.6 Å². The van der Waals surface area contributed by atoms with Crippen LogP contribution in [-0.4, -0.2) is 11.7 Å². The van der Waals surface area contributed by atoms with E-state index in [0.717, 1.165) is 16.8 Å². The molecule has 2 N–H and O–H groups in total. The number of hydrogen-bond donors (Lipinski definition) is 2. The molecule has 22 heavy (non-hydrogen) atoms. The van der Waals surface area contributed by atoms with E-state index in [1.165, 1.54) is 6.08 Å². The van der Waals surface area contributed by atoms with Crippen LogP contribution in [0, 0.1) is 11.3 Å². The maximum Gasteiger partial charge on any atom is 0.114 e. The second-order valence-corrected chi connectivity index (χ2v) is 5.27. The number of anilines is 1. The van der Waals surface area contributed by atoms with Gasteiger partial charge in [-0.3, -0.25) is 0 Å². The summed E-state index contributed by atoms with van der Waals surface area (Å²) in [5.41, 5.74) is 3.60. The molecular weight excluding hydrogens is 292 g/mol. The fourth-order valence-corrected chi connectivity index (χ4v) is 2.54. The summed E-state index contributed by atoms with van der Waals surface area (Å²) in [4.78, 5) is 0. The van der Waals surface area contributed by atoms with Crippen LogP contribution in [0.25, 0.3) is 11.1 Å². The van der Waals surface area contributed by atoms with Crippen molar-refractivity contribution in [1.82, 2.24) is 0 Å². The second kappa shape index (κ2) is 7.87. The van der Waals surface area contributed by atoms with E-state index in [0.29, 0.717) is 12.1 Å². The molecule has 2 rings (SSSR count). The van der Waals surface area contributed by atoms with E-state index in [-0.39, 0.29) is 5.76 Å². The number of allylic oxidation sites excluding steroid dienone is 3. The lowest BCUT2D eigenvalue weighted by molar-refractivity contribution is 0.433. The molecule has 0 unspecified atom stereocenters. The van der Waals surface area contributed by atoms with Crippen molar-refractivity contribution in [3.63, 3.8) is 0 Å². The minimum atomic E-state index is 0.134. The maximum atomic E-state index is 9.22. The number of nitrogens with zero attached hydrogens (tertiary/aromatic N) is 1.